The van der Waals surface area contributed by atoms with Crippen molar-refractivity contribution in [2.24, 2.45) is 23.7 Å². The van der Waals surface area contributed by atoms with Gasteiger partial charge in [-0.05, 0) is 168 Å². The highest BCUT2D eigenvalue weighted by Crippen LogP contribution is 2.52. The van der Waals surface area contributed by atoms with Crippen molar-refractivity contribution >= 4 is 57.4 Å². The van der Waals surface area contributed by atoms with E-state index >= 15 is 8.78 Å². The fourth-order valence-corrected chi connectivity index (χ4v) is 16.5. The number of piperidine rings is 1. The number of nitrogens with one attached hydrogen (secondary N) is 4. The van der Waals surface area contributed by atoms with Crippen LogP contribution in [0, 0.1) is 35.3 Å². The van der Waals surface area contributed by atoms with Crippen molar-refractivity contribution in [1.82, 2.24) is 40.4 Å². The van der Waals surface area contributed by atoms with E-state index < -0.39 is 35.9 Å². The molecular weight excluding hydrogens is 1010 g/mol. The summed E-state index contributed by atoms with van der Waals surface area (Å²) in [6, 6.07) is 13.2. The molecule has 18 heteroatoms. The molecule has 4 saturated heterocycles. The summed E-state index contributed by atoms with van der Waals surface area (Å²) in [4.78, 5) is 81.0. The van der Waals surface area contributed by atoms with Gasteiger partial charge in [0.25, 0.3) is 0 Å². The Hall–Kier alpha value is -6.46. The van der Waals surface area contributed by atoms with Crippen molar-refractivity contribution in [1.29, 1.82) is 0 Å². The van der Waals surface area contributed by atoms with Gasteiger partial charge < -0.3 is 49.7 Å². The molecule has 16 nitrogen and oxygen atoms in total. The Bertz CT molecular complexity index is 2920. The van der Waals surface area contributed by atoms with Crippen molar-refractivity contribution in [3.8, 4) is 0 Å². The molecule has 4 aliphatic carbocycles. The fourth-order valence-electron chi connectivity index (χ4n) is 16.5. The number of benzene rings is 3. The van der Waals surface area contributed by atoms with Gasteiger partial charge in [-0.2, -0.15) is 0 Å². The molecule has 4 saturated carbocycles. The molecular formula is C61H76F2N10O6. The first-order valence-corrected chi connectivity index (χ1v) is 29.9. The number of fused-ring (bicyclic) bond motifs is 4. The minimum Gasteiger partial charge on any atom is -0.453 e. The number of halogens is 2. The number of methoxy groups -OCH3 is 2. The largest absolute Gasteiger partial charge is 0.453 e. The second-order valence-corrected chi connectivity index (χ2v) is 24.4. The Balaban J connectivity index is 0.828. The summed E-state index contributed by atoms with van der Waals surface area (Å²) in [6.07, 6.45) is 18.2. The van der Waals surface area contributed by atoms with Crippen LogP contribution in [0.5, 0.6) is 0 Å². The van der Waals surface area contributed by atoms with Gasteiger partial charge in [0.2, 0.25) is 11.8 Å². The molecule has 4 N–H and O–H groups in total. The van der Waals surface area contributed by atoms with Crippen molar-refractivity contribution < 1.29 is 37.4 Å². The molecule has 8 aliphatic rings. The van der Waals surface area contributed by atoms with Crippen LogP contribution >= 0.6 is 0 Å². The smallest absolute Gasteiger partial charge is 0.407 e. The number of H-pyrrole nitrogens is 2. The standard InChI is InChI=1S/C61H76F2N10O6/c1-78-60(76)68-53(34-12-4-5-13-34)58(74)72-47-18-10-16-36(47)30-51(72)56-64-43-22-20-38(28-45(43)66-56)49-24-25-50(71(49)40-32-41(62)55(42(63)33-40)70-26-8-3-9-27-70)39-21-23-44-46(29-39)67-57(65-44)52-31-37-17-11-19-48(37)73(52)59(75)54(69-61(77)79-2)35-14-6-7-15-35/h20-23,28-29,32-37,47-54H,3-19,24-27,30-31H2,1-2H3,(H,64,66)(H,65,67)(H,68,76)(H,69,77)/t36-,37-,47-,48-,49+,50+,51-,52-,53-,54-/m0/s1. The van der Waals surface area contributed by atoms with E-state index in [1.54, 1.807) is 0 Å². The Kier molecular flexibility index (Phi) is 14.2. The highest BCUT2D eigenvalue weighted by Gasteiger charge is 2.52. The monoisotopic (exact) mass is 1080 g/mol. The minimum absolute atomic E-state index is 0.0325. The topological polar surface area (TPSA) is 181 Å². The number of amides is 4. The Labute approximate surface area is 460 Å². The van der Waals surface area contributed by atoms with Crippen LogP contribution in [-0.2, 0) is 19.1 Å². The number of imidazole rings is 2. The van der Waals surface area contributed by atoms with E-state index in [1.807, 2.05) is 26.8 Å². The lowest BCUT2D eigenvalue weighted by Gasteiger charge is -2.35. The number of carbonyl (C=O) groups excluding carboxylic acids is 4. The summed E-state index contributed by atoms with van der Waals surface area (Å²) < 4.78 is 43.4. The summed E-state index contributed by atoms with van der Waals surface area (Å²) in [7, 11) is 2.67. The molecule has 0 unspecified atom stereocenters. The van der Waals surface area contributed by atoms with E-state index in [0.717, 1.165) is 167 Å². The number of anilines is 2. The molecule has 0 radical (unpaired) electrons. The average molecular weight is 1080 g/mol. The predicted octanol–water partition coefficient (Wildman–Crippen LogP) is 11.5. The summed E-state index contributed by atoms with van der Waals surface area (Å²) in [5.74, 6) is 0.962. The number of hydrogen-bond acceptors (Lipinski definition) is 10. The van der Waals surface area contributed by atoms with Crippen LogP contribution in [0.3, 0.4) is 0 Å². The Morgan fingerprint density at radius 2 is 1.01 bits per heavy atom. The molecule has 0 bridgehead atoms. The van der Waals surface area contributed by atoms with Gasteiger partial charge in [0.1, 0.15) is 29.4 Å². The van der Waals surface area contributed by atoms with Gasteiger partial charge in [0, 0.05) is 30.9 Å². The lowest BCUT2D eigenvalue weighted by Crippen LogP contribution is -2.53. The average Bonchev–Trinajstić information content (AvgIpc) is 4.51. The molecule has 8 fully saturated rings. The Morgan fingerprint density at radius 3 is 1.46 bits per heavy atom. The first-order chi connectivity index (χ1) is 38.5. The number of likely N-dealkylation sites (tertiary alicyclic amines) is 2. The second-order valence-electron chi connectivity index (χ2n) is 24.4. The zero-order valence-electron chi connectivity index (χ0n) is 45.7. The van der Waals surface area contributed by atoms with E-state index in [0.29, 0.717) is 43.5 Å². The predicted molar refractivity (Wildman–Crippen MR) is 295 cm³/mol. The van der Waals surface area contributed by atoms with Gasteiger partial charge >= 0.3 is 12.2 Å². The highest BCUT2D eigenvalue weighted by atomic mass is 19.1. The molecule has 420 valence electrons. The van der Waals surface area contributed by atoms with E-state index in [2.05, 4.69) is 49.8 Å². The molecule has 3 aromatic carbocycles. The van der Waals surface area contributed by atoms with Crippen LogP contribution < -0.4 is 20.4 Å². The maximum absolute atomic E-state index is 16.7. The van der Waals surface area contributed by atoms with Gasteiger partial charge in [-0.25, -0.2) is 28.3 Å². The van der Waals surface area contributed by atoms with Crippen LogP contribution in [-0.4, -0.2) is 105 Å². The van der Waals surface area contributed by atoms with Crippen LogP contribution in [0.25, 0.3) is 22.1 Å². The van der Waals surface area contributed by atoms with Gasteiger partial charge in [0.15, 0.2) is 11.6 Å². The quantitative estimate of drug-likeness (QED) is 0.0939. The van der Waals surface area contributed by atoms with E-state index in [1.165, 1.54) is 26.4 Å². The number of alkyl carbamates (subject to hydrolysis) is 2. The van der Waals surface area contributed by atoms with Crippen LogP contribution in [0.2, 0.25) is 0 Å². The van der Waals surface area contributed by atoms with Gasteiger partial charge in [-0.1, -0.05) is 50.7 Å². The first-order valence-electron chi connectivity index (χ1n) is 29.9. The SMILES string of the molecule is COC(=O)N[C@H](C(=O)N1[C@H](c2nc3cc([C@H]4CC[C@H](c5ccc6[nH]c([C@@H]7C[C@@H]8CCC[C@@H]8N7C(=O)[C@@H](NC(=O)OC)C7CCCC7)nc6c5)N4c4cc(F)c(N5CCCCC5)c(F)c4)ccc3[nH]2)C[C@@H]2CCC[C@@H]21)C1CCCC1. The maximum Gasteiger partial charge on any atom is 0.407 e. The number of aromatic amines is 2. The number of rotatable bonds is 12. The molecule has 5 aromatic rings. The maximum atomic E-state index is 16.7. The number of nitrogens with zero attached hydrogens (tertiary/aromatic N) is 6. The molecule has 6 heterocycles. The minimum atomic E-state index is -0.668. The third-order valence-corrected chi connectivity index (χ3v) is 20.2. The van der Waals surface area contributed by atoms with Crippen molar-refractivity contribution in [3.63, 3.8) is 0 Å². The number of aromatic nitrogens is 4. The van der Waals surface area contributed by atoms with Gasteiger partial charge in [-0.15, -0.1) is 0 Å². The second kappa shape index (κ2) is 21.5. The van der Waals surface area contributed by atoms with E-state index in [9.17, 15) is 19.2 Å². The normalized spacial score (nSPS) is 28.0. The summed E-state index contributed by atoms with van der Waals surface area (Å²) >= 11 is 0. The molecule has 2 aromatic heterocycles. The van der Waals surface area contributed by atoms with Crippen LogP contribution in [0.4, 0.5) is 29.7 Å². The number of carbonyl (C=O) groups is 4. The zero-order valence-corrected chi connectivity index (χ0v) is 45.7. The fraction of sp³-hybridized carbons (Fsp3) is 0.607. The molecule has 10 atom stereocenters. The van der Waals surface area contributed by atoms with Gasteiger partial charge in [0.05, 0.1) is 60.5 Å². The summed E-state index contributed by atoms with van der Waals surface area (Å²) in [5, 5.41) is 5.89. The highest BCUT2D eigenvalue weighted by molar-refractivity contribution is 5.88. The van der Waals surface area contributed by atoms with Gasteiger partial charge in [-0.3, -0.25) is 9.59 Å². The van der Waals surface area contributed by atoms with Crippen molar-refractivity contribution in [2.75, 3.05) is 37.1 Å². The van der Waals surface area contributed by atoms with Crippen molar-refractivity contribution in [3.05, 3.63) is 82.9 Å². The first kappa shape index (κ1) is 51.9. The number of hydrogen-bond donors (Lipinski definition) is 4. The van der Waals surface area contributed by atoms with Crippen LogP contribution in [0.1, 0.15) is 182 Å². The molecule has 0 spiro atoms. The van der Waals surface area contributed by atoms with E-state index in [-0.39, 0.29) is 65.6 Å². The third-order valence-electron chi connectivity index (χ3n) is 20.2. The lowest BCUT2D eigenvalue weighted by molar-refractivity contribution is -0.139. The zero-order chi connectivity index (χ0) is 54.1. The molecule has 4 amide bonds. The molecule has 4 aliphatic heterocycles. The molecule has 79 heavy (non-hydrogen) atoms. The lowest BCUT2D eigenvalue weighted by atomic mass is 9.96. The number of ether oxygens (including phenoxy) is 2. The summed E-state index contributed by atoms with van der Waals surface area (Å²) in [5.41, 5.74) is 5.61. The van der Waals surface area contributed by atoms with Crippen molar-refractivity contribution in [2.45, 2.75) is 183 Å². The Morgan fingerprint density at radius 1 is 0.557 bits per heavy atom. The van der Waals surface area contributed by atoms with E-state index in [4.69, 9.17) is 19.4 Å². The molecule has 13 rings (SSSR count). The third kappa shape index (κ3) is 9.53. The summed E-state index contributed by atoms with van der Waals surface area (Å²) in [6.45, 7) is 1.22. The van der Waals surface area contributed by atoms with Crippen LogP contribution in [0.15, 0.2) is 48.5 Å².